The number of nitrogens with zero attached hydrogens (tertiary/aromatic N) is 6. The molecular formula is C21H19FN6. The van der Waals surface area contributed by atoms with Crippen molar-refractivity contribution in [2.24, 2.45) is 0 Å². The molecule has 1 aliphatic heterocycles. The summed E-state index contributed by atoms with van der Waals surface area (Å²) in [4.78, 5) is 6.43. The number of fused-ring (bicyclic) bond motifs is 1. The Bertz CT molecular complexity index is 1090. The van der Waals surface area contributed by atoms with E-state index in [1.165, 1.54) is 17.7 Å². The lowest BCUT2D eigenvalue weighted by Gasteiger charge is -2.33. The minimum Gasteiger partial charge on any atom is -0.355 e. The van der Waals surface area contributed by atoms with Crippen molar-refractivity contribution < 1.29 is 4.39 Å². The van der Waals surface area contributed by atoms with Crippen LogP contribution in [0.4, 0.5) is 10.2 Å². The fraction of sp³-hybridized carbons (Fsp3) is 0.238. The first-order valence-electron chi connectivity index (χ1n) is 9.41. The zero-order valence-electron chi connectivity index (χ0n) is 15.2. The largest absolute Gasteiger partial charge is 0.355 e. The molecule has 0 saturated carbocycles. The second-order valence-corrected chi connectivity index (χ2v) is 7.06. The van der Waals surface area contributed by atoms with Crippen LogP contribution in [0.3, 0.4) is 0 Å². The quantitative estimate of drug-likeness (QED) is 0.547. The Morgan fingerprint density at radius 3 is 2.57 bits per heavy atom. The van der Waals surface area contributed by atoms with Gasteiger partial charge >= 0.3 is 0 Å². The van der Waals surface area contributed by atoms with Gasteiger partial charge in [-0.05, 0) is 66.9 Å². The second kappa shape index (κ2) is 6.99. The van der Waals surface area contributed by atoms with Crippen LogP contribution in [0.25, 0.3) is 17.0 Å². The van der Waals surface area contributed by atoms with Crippen LogP contribution in [0.1, 0.15) is 24.3 Å². The monoisotopic (exact) mass is 374 g/mol. The molecule has 1 unspecified atom stereocenters. The first-order valence-corrected chi connectivity index (χ1v) is 9.41. The molecule has 0 amide bonds. The molecular weight excluding hydrogens is 355 g/mol. The molecule has 4 aromatic rings. The van der Waals surface area contributed by atoms with E-state index in [9.17, 15) is 4.39 Å². The Balaban J connectivity index is 1.47. The molecule has 5 rings (SSSR count). The van der Waals surface area contributed by atoms with Gasteiger partial charge in [0, 0.05) is 37.0 Å². The topological polar surface area (TPSA) is 59.2 Å². The van der Waals surface area contributed by atoms with E-state index in [0.717, 1.165) is 37.3 Å². The van der Waals surface area contributed by atoms with Crippen LogP contribution >= 0.6 is 0 Å². The Labute approximate surface area is 161 Å². The third kappa shape index (κ3) is 3.09. The number of halogens is 1. The lowest BCUT2D eigenvalue weighted by molar-refractivity contribution is 0.505. The van der Waals surface area contributed by atoms with E-state index in [4.69, 9.17) is 5.10 Å². The molecule has 0 N–H and O–H groups in total. The molecule has 1 aromatic carbocycles. The van der Waals surface area contributed by atoms with Gasteiger partial charge < -0.3 is 4.90 Å². The van der Waals surface area contributed by atoms with Crippen molar-refractivity contribution in [2.75, 3.05) is 18.0 Å². The van der Waals surface area contributed by atoms with E-state index >= 15 is 0 Å². The Hall–Kier alpha value is -3.35. The minimum absolute atomic E-state index is 0.276. The molecule has 0 spiro atoms. The van der Waals surface area contributed by atoms with Crippen LogP contribution in [-0.4, -0.2) is 37.9 Å². The van der Waals surface area contributed by atoms with Crippen LogP contribution in [0.2, 0.25) is 0 Å². The standard InChI is InChI=1S/C21H19FN6/c22-18-5-3-16(4-6-18)21-25-24-19-7-8-20(26-28(19)21)27-13-1-2-17(14-27)15-9-11-23-12-10-15/h3-12,17H,1-2,13-14H2. The average molecular weight is 374 g/mol. The van der Waals surface area contributed by atoms with Gasteiger partial charge in [0.15, 0.2) is 11.5 Å². The Morgan fingerprint density at radius 2 is 1.75 bits per heavy atom. The van der Waals surface area contributed by atoms with Crippen LogP contribution < -0.4 is 4.90 Å². The van der Waals surface area contributed by atoms with Crippen molar-refractivity contribution in [3.05, 3.63) is 72.3 Å². The van der Waals surface area contributed by atoms with Gasteiger partial charge in [0.2, 0.25) is 0 Å². The first-order chi connectivity index (χ1) is 13.8. The van der Waals surface area contributed by atoms with E-state index in [2.05, 4.69) is 32.2 Å². The number of rotatable bonds is 3. The van der Waals surface area contributed by atoms with E-state index in [-0.39, 0.29) is 5.82 Å². The second-order valence-electron chi connectivity index (χ2n) is 7.06. The van der Waals surface area contributed by atoms with Crippen LogP contribution in [-0.2, 0) is 0 Å². The van der Waals surface area contributed by atoms with Gasteiger partial charge in [0.1, 0.15) is 11.6 Å². The van der Waals surface area contributed by atoms with Crippen molar-refractivity contribution in [1.82, 2.24) is 24.8 Å². The fourth-order valence-electron chi connectivity index (χ4n) is 3.82. The molecule has 0 aliphatic carbocycles. The number of piperidine rings is 1. The molecule has 6 nitrogen and oxygen atoms in total. The third-order valence-corrected chi connectivity index (χ3v) is 5.27. The Morgan fingerprint density at radius 1 is 0.929 bits per heavy atom. The Kier molecular flexibility index (Phi) is 4.20. The molecule has 4 heterocycles. The van der Waals surface area contributed by atoms with Gasteiger partial charge in [-0.1, -0.05) is 0 Å². The summed E-state index contributed by atoms with van der Waals surface area (Å²) in [5.74, 6) is 1.70. The highest BCUT2D eigenvalue weighted by Gasteiger charge is 2.23. The van der Waals surface area contributed by atoms with Crippen molar-refractivity contribution in [1.29, 1.82) is 0 Å². The summed E-state index contributed by atoms with van der Waals surface area (Å²) < 4.78 is 15.0. The number of anilines is 1. The van der Waals surface area contributed by atoms with Crippen molar-refractivity contribution >= 4 is 11.5 Å². The molecule has 0 bridgehead atoms. The summed E-state index contributed by atoms with van der Waals surface area (Å²) in [6, 6.07) is 14.3. The maximum atomic E-state index is 13.3. The normalized spacial score (nSPS) is 17.2. The molecule has 3 aromatic heterocycles. The smallest absolute Gasteiger partial charge is 0.185 e. The van der Waals surface area contributed by atoms with Gasteiger partial charge in [-0.15, -0.1) is 15.3 Å². The van der Waals surface area contributed by atoms with Gasteiger partial charge in [0.05, 0.1) is 0 Å². The lowest BCUT2D eigenvalue weighted by Crippen LogP contribution is -2.35. The van der Waals surface area contributed by atoms with E-state index < -0.39 is 0 Å². The van der Waals surface area contributed by atoms with Crippen molar-refractivity contribution in [2.45, 2.75) is 18.8 Å². The molecule has 1 saturated heterocycles. The molecule has 140 valence electrons. The maximum Gasteiger partial charge on any atom is 0.185 e. The van der Waals surface area contributed by atoms with E-state index in [1.54, 1.807) is 16.6 Å². The van der Waals surface area contributed by atoms with Crippen molar-refractivity contribution in [3.63, 3.8) is 0 Å². The number of hydrogen-bond acceptors (Lipinski definition) is 5. The maximum absolute atomic E-state index is 13.3. The minimum atomic E-state index is -0.276. The summed E-state index contributed by atoms with van der Waals surface area (Å²) in [5.41, 5.74) is 2.77. The summed E-state index contributed by atoms with van der Waals surface area (Å²) in [7, 11) is 0. The predicted octanol–water partition coefficient (Wildman–Crippen LogP) is 3.71. The SMILES string of the molecule is Fc1ccc(-c2nnc3ccc(N4CCCC(c5ccncc5)C4)nn23)cc1. The summed E-state index contributed by atoms with van der Waals surface area (Å²) >= 11 is 0. The van der Waals surface area contributed by atoms with Gasteiger partial charge in [-0.3, -0.25) is 4.98 Å². The van der Waals surface area contributed by atoms with Crippen LogP contribution in [0.5, 0.6) is 0 Å². The van der Waals surface area contributed by atoms with Gasteiger partial charge in [0.25, 0.3) is 0 Å². The van der Waals surface area contributed by atoms with E-state index in [1.807, 2.05) is 24.5 Å². The number of hydrogen-bond donors (Lipinski definition) is 0. The highest BCUT2D eigenvalue weighted by atomic mass is 19.1. The van der Waals surface area contributed by atoms with Gasteiger partial charge in [-0.25, -0.2) is 4.39 Å². The molecule has 0 radical (unpaired) electrons. The molecule has 7 heteroatoms. The number of aromatic nitrogens is 5. The molecule has 1 fully saturated rings. The molecule has 1 atom stereocenters. The summed E-state index contributed by atoms with van der Waals surface area (Å²) in [6.45, 7) is 1.88. The summed E-state index contributed by atoms with van der Waals surface area (Å²) in [6.07, 6.45) is 5.98. The lowest BCUT2D eigenvalue weighted by atomic mass is 9.91. The highest BCUT2D eigenvalue weighted by molar-refractivity contribution is 5.59. The number of benzene rings is 1. The van der Waals surface area contributed by atoms with Gasteiger partial charge in [-0.2, -0.15) is 4.52 Å². The van der Waals surface area contributed by atoms with E-state index in [0.29, 0.717) is 17.4 Å². The number of pyridine rings is 1. The molecule has 28 heavy (non-hydrogen) atoms. The average Bonchev–Trinajstić information content (AvgIpc) is 3.18. The highest BCUT2D eigenvalue weighted by Crippen LogP contribution is 2.29. The van der Waals surface area contributed by atoms with Crippen LogP contribution in [0, 0.1) is 5.82 Å². The summed E-state index contributed by atoms with van der Waals surface area (Å²) in [5, 5.41) is 13.2. The first kappa shape index (κ1) is 16.8. The third-order valence-electron chi connectivity index (χ3n) is 5.27. The fourth-order valence-corrected chi connectivity index (χ4v) is 3.82. The predicted molar refractivity (Wildman–Crippen MR) is 105 cm³/mol. The van der Waals surface area contributed by atoms with Crippen molar-refractivity contribution in [3.8, 4) is 11.4 Å². The molecule has 1 aliphatic rings. The zero-order chi connectivity index (χ0) is 18.9. The van der Waals surface area contributed by atoms with Crippen LogP contribution in [0.15, 0.2) is 60.9 Å². The zero-order valence-corrected chi connectivity index (χ0v) is 15.2.